The van der Waals surface area contributed by atoms with Crippen molar-refractivity contribution in [2.24, 2.45) is 22.7 Å². The van der Waals surface area contributed by atoms with E-state index in [1.807, 2.05) is 0 Å². The quantitative estimate of drug-likeness (QED) is 0.517. The van der Waals surface area contributed by atoms with Crippen molar-refractivity contribution in [1.82, 2.24) is 0 Å². The molecule has 0 bridgehead atoms. The summed E-state index contributed by atoms with van der Waals surface area (Å²) in [6.45, 7) is 18.0. The van der Waals surface area contributed by atoms with Gasteiger partial charge >= 0.3 is 7.60 Å². The first-order valence-electron chi connectivity index (χ1n) is 8.66. The van der Waals surface area contributed by atoms with Crippen molar-refractivity contribution in [3.05, 3.63) is 0 Å². The lowest BCUT2D eigenvalue weighted by Crippen LogP contribution is -2.13. The lowest BCUT2D eigenvalue weighted by atomic mass is 9.84. The van der Waals surface area contributed by atoms with Crippen molar-refractivity contribution in [3.63, 3.8) is 0 Å². The van der Waals surface area contributed by atoms with Crippen LogP contribution < -0.4 is 0 Å². The molecule has 0 radical (unpaired) electrons. The van der Waals surface area contributed by atoms with E-state index in [1.165, 1.54) is 0 Å². The molecule has 4 heteroatoms. The Morgan fingerprint density at radius 3 is 1.73 bits per heavy atom. The molecule has 3 unspecified atom stereocenters. The second kappa shape index (κ2) is 8.85. The summed E-state index contributed by atoms with van der Waals surface area (Å²) in [5.74, 6) is 0.962. The number of hydrogen-bond acceptors (Lipinski definition) is 2. The number of rotatable bonds is 9. The van der Waals surface area contributed by atoms with Gasteiger partial charge in [0.15, 0.2) is 0 Å². The van der Waals surface area contributed by atoms with E-state index in [-0.39, 0.29) is 11.6 Å². The highest BCUT2D eigenvalue weighted by Crippen LogP contribution is 2.44. The first-order valence-corrected chi connectivity index (χ1v) is 10.4. The molecule has 22 heavy (non-hydrogen) atoms. The summed E-state index contributed by atoms with van der Waals surface area (Å²) in [5.41, 5.74) is 0.562. The van der Waals surface area contributed by atoms with E-state index in [1.54, 1.807) is 0 Å². The molecule has 0 heterocycles. The molecule has 0 fully saturated rings. The molecule has 0 amide bonds. The minimum Gasteiger partial charge on any atom is -0.324 e. The second-order valence-corrected chi connectivity index (χ2v) is 11.5. The van der Waals surface area contributed by atoms with Crippen molar-refractivity contribution >= 4 is 7.60 Å². The third-order valence-electron chi connectivity index (χ3n) is 3.73. The monoisotopic (exact) mass is 334 g/mol. The standard InChI is InChI=1S/C18H39O3P/c1-15(13-17(3,4)5)9-11-21-22(19,20)12-10-16(2)14-18(6,7)8/h15-16H,9-14H2,1-8H3,(H,19,20). The third kappa shape index (κ3) is 13.8. The summed E-state index contributed by atoms with van der Waals surface area (Å²) in [5, 5.41) is 0. The van der Waals surface area contributed by atoms with Crippen LogP contribution in [0.5, 0.6) is 0 Å². The van der Waals surface area contributed by atoms with E-state index in [4.69, 9.17) is 4.52 Å². The topological polar surface area (TPSA) is 46.5 Å². The second-order valence-electron chi connectivity index (χ2n) is 9.51. The molecule has 0 aromatic carbocycles. The molecule has 0 saturated carbocycles. The van der Waals surface area contributed by atoms with Crippen LogP contribution in [-0.2, 0) is 9.09 Å². The van der Waals surface area contributed by atoms with Gasteiger partial charge in [-0.1, -0.05) is 55.4 Å². The van der Waals surface area contributed by atoms with Gasteiger partial charge in [0.2, 0.25) is 0 Å². The summed E-state index contributed by atoms with van der Waals surface area (Å²) < 4.78 is 17.4. The first kappa shape index (κ1) is 22.1. The van der Waals surface area contributed by atoms with Gasteiger partial charge in [-0.05, 0) is 48.3 Å². The largest absolute Gasteiger partial charge is 0.328 e. The Kier molecular flexibility index (Phi) is 8.91. The van der Waals surface area contributed by atoms with Crippen molar-refractivity contribution in [1.29, 1.82) is 0 Å². The van der Waals surface area contributed by atoms with Crippen molar-refractivity contribution < 1.29 is 14.0 Å². The summed E-state index contributed by atoms with van der Waals surface area (Å²) in [4.78, 5) is 9.94. The fourth-order valence-electron chi connectivity index (χ4n) is 3.14. The van der Waals surface area contributed by atoms with Crippen molar-refractivity contribution in [2.45, 2.75) is 81.1 Å². The Morgan fingerprint density at radius 2 is 1.32 bits per heavy atom. The highest BCUT2D eigenvalue weighted by atomic mass is 31.2. The summed E-state index contributed by atoms with van der Waals surface area (Å²) >= 11 is 0. The van der Waals surface area contributed by atoms with Crippen molar-refractivity contribution in [3.8, 4) is 0 Å². The zero-order valence-electron chi connectivity index (χ0n) is 16.1. The lowest BCUT2D eigenvalue weighted by molar-refractivity contribution is 0.215. The van der Waals surface area contributed by atoms with Crippen LogP contribution in [0.4, 0.5) is 0 Å². The Hall–Kier alpha value is 0.150. The Balaban J connectivity index is 4.03. The maximum absolute atomic E-state index is 12.1. The molecule has 0 aliphatic heterocycles. The van der Waals surface area contributed by atoms with Gasteiger partial charge in [-0.2, -0.15) is 0 Å². The predicted octanol–water partition coefficient (Wildman–Crippen LogP) is 6.11. The molecule has 3 nitrogen and oxygen atoms in total. The molecule has 0 aromatic rings. The zero-order valence-corrected chi connectivity index (χ0v) is 17.0. The Bertz CT molecular complexity index is 352. The van der Waals surface area contributed by atoms with Gasteiger partial charge < -0.3 is 9.42 Å². The van der Waals surface area contributed by atoms with Crippen LogP contribution in [-0.4, -0.2) is 17.7 Å². The van der Waals surface area contributed by atoms with Crippen LogP contribution in [0.25, 0.3) is 0 Å². The van der Waals surface area contributed by atoms with Gasteiger partial charge in [0.1, 0.15) is 0 Å². The SMILES string of the molecule is CC(CCOP(=O)(O)CCC(C)CC(C)(C)C)CC(C)(C)C. The van der Waals surface area contributed by atoms with Gasteiger partial charge in [0.05, 0.1) is 12.8 Å². The van der Waals surface area contributed by atoms with Crippen LogP contribution in [0.3, 0.4) is 0 Å². The van der Waals surface area contributed by atoms with E-state index in [0.717, 1.165) is 25.7 Å². The third-order valence-corrected chi connectivity index (χ3v) is 5.14. The fourth-order valence-corrected chi connectivity index (χ4v) is 4.43. The molecule has 0 aliphatic carbocycles. The molecule has 134 valence electrons. The highest BCUT2D eigenvalue weighted by molar-refractivity contribution is 7.52. The van der Waals surface area contributed by atoms with Crippen LogP contribution in [0.1, 0.15) is 81.1 Å². The Labute approximate surface area is 138 Å². The van der Waals surface area contributed by atoms with Crippen LogP contribution in [0.2, 0.25) is 0 Å². The maximum Gasteiger partial charge on any atom is 0.328 e. The molecule has 0 rings (SSSR count). The molecular weight excluding hydrogens is 295 g/mol. The molecule has 1 N–H and O–H groups in total. The smallest absolute Gasteiger partial charge is 0.324 e. The number of hydrogen-bond donors (Lipinski definition) is 1. The minimum absolute atomic E-state index is 0.266. The van der Waals surface area contributed by atoms with E-state index in [9.17, 15) is 9.46 Å². The average molecular weight is 334 g/mol. The average Bonchev–Trinajstić information content (AvgIpc) is 2.21. The van der Waals surface area contributed by atoms with E-state index >= 15 is 0 Å². The fraction of sp³-hybridized carbons (Fsp3) is 1.00. The zero-order chi connectivity index (χ0) is 17.6. The lowest BCUT2D eigenvalue weighted by Gasteiger charge is -2.24. The molecule has 3 atom stereocenters. The molecule has 0 spiro atoms. The van der Waals surface area contributed by atoms with Gasteiger partial charge in [0, 0.05) is 0 Å². The van der Waals surface area contributed by atoms with Gasteiger partial charge in [0.25, 0.3) is 0 Å². The molecular formula is C18H39O3P. The van der Waals surface area contributed by atoms with Gasteiger partial charge in [-0.15, -0.1) is 0 Å². The first-order chi connectivity index (χ1) is 9.70. The predicted molar refractivity (Wildman–Crippen MR) is 96.4 cm³/mol. The summed E-state index contributed by atoms with van der Waals surface area (Å²) in [6.07, 6.45) is 4.05. The summed E-state index contributed by atoms with van der Waals surface area (Å²) in [6, 6.07) is 0. The van der Waals surface area contributed by atoms with E-state index in [0.29, 0.717) is 23.9 Å². The van der Waals surface area contributed by atoms with Crippen LogP contribution >= 0.6 is 7.60 Å². The maximum atomic E-state index is 12.1. The molecule has 0 aliphatic rings. The molecule has 0 aromatic heterocycles. The van der Waals surface area contributed by atoms with Gasteiger partial charge in [-0.25, -0.2) is 0 Å². The minimum atomic E-state index is -3.42. The van der Waals surface area contributed by atoms with Crippen LogP contribution in [0.15, 0.2) is 0 Å². The summed E-state index contributed by atoms with van der Waals surface area (Å²) in [7, 11) is -3.42. The van der Waals surface area contributed by atoms with Crippen molar-refractivity contribution in [2.75, 3.05) is 12.8 Å². The van der Waals surface area contributed by atoms with Crippen LogP contribution in [0, 0.1) is 22.7 Å². The van der Waals surface area contributed by atoms with Gasteiger partial charge in [-0.3, -0.25) is 4.57 Å². The van der Waals surface area contributed by atoms with E-state index < -0.39 is 7.60 Å². The molecule has 0 saturated heterocycles. The van der Waals surface area contributed by atoms with E-state index in [2.05, 4.69) is 55.4 Å². The highest BCUT2D eigenvalue weighted by Gasteiger charge is 2.23. The normalized spacial score (nSPS) is 18.8. The Morgan fingerprint density at radius 1 is 0.909 bits per heavy atom.